The second-order valence-corrected chi connectivity index (χ2v) is 2.94. The number of aromatic nitrogens is 2. The first-order valence-electron chi connectivity index (χ1n) is 3.45. The van der Waals surface area contributed by atoms with Crippen LogP contribution in [0.3, 0.4) is 0 Å². The van der Waals surface area contributed by atoms with Gasteiger partial charge in [0.05, 0.1) is 6.54 Å². The van der Waals surface area contributed by atoms with Gasteiger partial charge in [-0.2, -0.15) is 0 Å². The third-order valence-electron chi connectivity index (χ3n) is 1.22. The van der Waals surface area contributed by atoms with Crippen molar-refractivity contribution in [2.24, 2.45) is 0 Å². The van der Waals surface area contributed by atoms with Crippen molar-refractivity contribution in [3.05, 3.63) is 22.4 Å². The molecule has 1 N–H and O–H groups in total. The van der Waals surface area contributed by atoms with Gasteiger partial charge >= 0.3 is 0 Å². The second-order valence-electron chi connectivity index (χ2n) is 2.13. The topological polar surface area (TPSA) is 54.9 Å². The van der Waals surface area contributed by atoms with Crippen LogP contribution in [0.1, 0.15) is 10.5 Å². The maximum atomic E-state index is 11.2. The van der Waals surface area contributed by atoms with E-state index in [1.54, 1.807) is 12.1 Å². The highest BCUT2D eigenvalue weighted by molar-refractivity contribution is 9.10. The van der Waals surface area contributed by atoms with E-state index < -0.39 is 0 Å². The van der Waals surface area contributed by atoms with Crippen LogP contribution in [0.2, 0.25) is 0 Å². The summed E-state index contributed by atoms with van der Waals surface area (Å²) in [6, 6.07) is 3.20. The molecule has 0 aliphatic rings. The third-order valence-corrected chi connectivity index (χ3v) is 1.64. The normalized spacial score (nSPS) is 8.92. The fraction of sp³-hybridized carbons (Fsp3) is 0.125. The van der Waals surface area contributed by atoms with Crippen molar-refractivity contribution in [2.45, 2.75) is 0 Å². The molecule has 0 radical (unpaired) electrons. The summed E-state index contributed by atoms with van der Waals surface area (Å²) in [6.45, 7) is 0.191. The number of hydrogen-bond acceptors (Lipinski definition) is 3. The molecule has 1 heterocycles. The van der Waals surface area contributed by atoms with Gasteiger partial charge in [-0.3, -0.25) is 4.79 Å². The zero-order chi connectivity index (χ0) is 9.68. The Morgan fingerprint density at radius 3 is 2.92 bits per heavy atom. The van der Waals surface area contributed by atoms with Gasteiger partial charge in [-0.1, -0.05) is 5.92 Å². The van der Waals surface area contributed by atoms with Gasteiger partial charge in [0.25, 0.3) is 5.91 Å². The number of rotatable bonds is 2. The van der Waals surface area contributed by atoms with Crippen LogP contribution in [-0.4, -0.2) is 22.6 Å². The van der Waals surface area contributed by atoms with E-state index in [4.69, 9.17) is 6.42 Å². The Kier molecular flexibility index (Phi) is 3.41. The minimum Gasteiger partial charge on any atom is -0.340 e. The van der Waals surface area contributed by atoms with E-state index in [9.17, 15) is 4.79 Å². The lowest BCUT2D eigenvalue weighted by Gasteiger charge is -1.98. The van der Waals surface area contributed by atoms with Gasteiger partial charge in [-0.25, -0.2) is 0 Å². The molecule has 1 rings (SSSR count). The van der Waals surface area contributed by atoms with Crippen LogP contribution in [0.5, 0.6) is 0 Å². The van der Waals surface area contributed by atoms with Gasteiger partial charge in [-0.15, -0.1) is 16.6 Å². The van der Waals surface area contributed by atoms with Crippen LogP contribution in [0.15, 0.2) is 16.7 Å². The van der Waals surface area contributed by atoms with Gasteiger partial charge in [0, 0.05) is 0 Å². The van der Waals surface area contributed by atoms with Gasteiger partial charge < -0.3 is 5.32 Å². The first-order valence-corrected chi connectivity index (χ1v) is 4.24. The van der Waals surface area contributed by atoms with E-state index in [2.05, 4.69) is 37.4 Å². The number of terminal acetylenes is 1. The molecule has 0 aliphatic carbocycles. The molecule has 0 bridgehead atoms. The highest BCUT2D eigenvalue weighted by Crippen LogP contribution is 2.02. The van der Waals surface area contributed by atoms with E-state index in [-0.39, 0.29) is 18.1 Å². The number of nitrogens with one attached hydrogen (secondary N) is 1. The van der Waals surface area contributed by atoms with E-state index in [0.717, 1.165) is 0 Å². The quantitative estimate of drug-likeness (QED) is 0.770. The van der Waals surface area contributed by atoms with Crippen molar-refractivity contribution < 1.29 is 4.79 Å². The lowest BCUT2D eigenvalue weighted by Crippen LogP contribution is -2.24. The molecule has 0 aromatic carbocycles. The zero-order valence-electron chi connectivity index (χ0n) is 6.62. The van der Waals surface area contributed by atoms with Crippen LogP contribution in [0.4, 0.5) is 0 Å². The Labute approximate surface area is 83.9 Å². The lowest BCUT2D eigenvalue weighted by atomic mass is 10.4. The van der Waals surface area contributed by atoms with Crippen LogP contribution < -0.4 is 5.32 Å². The van der Waals surface area contributed by atoms with Crippen molar-refractivity contribution in [2.75, 3.05) is 6.54 Å². The summed E-state index contributed by atoms with van der Waals surface area (Å²) in [5.74, 6) is 1.97. The standard InChI is InChI=1S/C8H6BrN3O/c1-2-5-10-8(13)6-3-4-7(9)12-11-6/h1,3-4H,5H2,(H,10,13). The Balaban J connectivity index is 2.68. The van der Waals surface area contributed by atoms with Crippen LogP contribution in [0.25, 0.3) is 0 Å². The number of amides is 1. The fourth-order valence-electron chi connectivity index (χ4n) is 0.659. The first-order chi connectivity index (χ1) is 6.24. The van der Waals surface area contributed by atoms with Crippen LogP contribution in [0, 0.1) is 12.3 Å². The average molecular weight is 240 g/mol. The number of carbonyl (C=O) groups excluding carboxylic acids is 1. The fourth-order valence-corrected chi connectivity index (χ4v) is 0.870. The molecule has 13 heavy (non-hydrogen) atoms. The summed E-state index contributed by atoms with van der Waals surface area (Å²) >= 11 is 3.11. The van der Waals surface area contributed by atoms with Crippen molar-refractivity contribution in [1.29, 1.82) is 0 Å². The molecular weight excluding hydrogens is 234 g/mol. The SMILES string of the molecule is C#CCNC(=O)c1ccc(Br)nn1. The Hall–Kier alpha value is -1.41. The largest absolute Gasteiger partial charge is 0.340 e. The second kappa shape index (κ2) is 4.58. The Bertz CT molecular complexity index is 341. The van der Waals surface area contributed by atoms with Gasteiger partial charge in [0.1, 0.15) is 4.60 Å². The van der Waals surface area contributed by atoms with Crippen molar-refractivity contribution in [3.8, 4) is 12.3 Å². The summed E-state index contributed by atoms with van der Waals surface area (Å²) in [5.41, 5.74) is 0.249. The molecule has 5 heteroatoms. The van der Waals surface area contributed by atoms with Gasteiger partial charge in [-0.05, 0) is 28.1 Å². The molecule has 66 valence electrons. The summed E-state index contributed by atoms with van der Waals surface area (Å²) < 4.78 is 0.584. The third kappa shape index (κ3) is 2.84. The van der Waals surface area contributed by atoms with E-state index in [0.29, 0.717) is 4.60 Å². The molecule has 1 amide bonds. The summed E-state index contributed by atoms with van der Waals surface area (Å²) in [4.78, 5) is 11.2. The predicted molar refractivity (Wildman–Crippen MR) is 50.9 cm³/mol. The molecule has 4 nitrogen and oxygen atoms in total. The summed E-state index contributed by atoms with van der Waals surface area (Å²) in [5, 5.41) is 9.79. The van der Waals surface area contributed by atoms with Crippen molar-refractivity contribution in [3.63, 3.8) is 0 Å². The molecule has 0 atom stereocenters. The molecule has 0 saturated carbocycles. The van der Waals surface area contributed by atoms with Crippen molar-refractivity contribution >= 4 is 21.8 Å². The molecule has 0 saturated heterocycles. The smallest absolute Gasteiger partial charge is 0.272 e. The highest BCUT2D eigenvalue weighted by Gasteiger charge is 2.05. The van der Waals surface area contributed by atoms with E-state index in [1.165, 1.54) is 0 Å². The molecule has 0 spiro atoms. The predicted octanol–water partition coefficient (Wildman–Crippen LogP) is 0.602. The van der Waals surface area contributed by atoms with Crippen molar-refractivity contribution in [1.82, 2.24) is 15.5 Å². The maximum absolute atomic E-state index is 11.2. The molecule has 0 unspecified atom stereocenters. The number of hydrogen-bond donors (Lipinski definition) is 1. The summed E-state index contributed by atoms with van der Waals surface area (Å²) in [6.07, 6.45) is 4.97. The molecule has 0 aliphatic heterocycles. The highest BCUT2D eigenvalue weighted by atomic mass is 79.9. The zero-order valence-corrected chi connectivity index (χ0v) is 8.21. The monoisotopic (exact) mass is 239 g/mol. The average Bonchev–Trinajstić information content (AvgIpc) is 2.15. The molecule has 1 aromatic rings. The lowest BCUT2D eigenvalue weighted by molar-refractivity contribution is 0.0952. The minimum absolute atomic E-state index is 0.191. The van der Waals surface area contributed by atoms with E-state index >= 15 is 0 Å². The van der Waals surface area contributed by atoms with Gasteiger partial charge in [0.2, 0.25) is 0 Å². The van der Waals surface area contributed by atoms with Crippen LogP contribution >= 0.6 is 15.9 Å². The molecule has 1 aromatic heterocycles. The Morgan fingerprint density at radius 1 is 1.62 bits per heavy atom. The summed E-state index contributed by atoms with van der Waals surface area (Å²) in [7, 11) is 0. The minimum atomic E-state index is -0.321. The molecule has 0 fully saturated rings. The number of carbonyl (C=O) groups is 1. The maximum Gasteiger partial charge on any atom is 0.272 e. The molecular formula is C8H6BrN3O. The first kappa shape index (κ1) is 9.68. The van der Waals surface area contributed by atoms with Gasteiger partial charge in [0.15, 0.2) is 5.69 Å². The Morgan fingerprint density at radius 2 is 2.38 bits per heavy atom. The van der Waals surface area contributed by atoms with E-state index in [1.807, 2.05) is 0 Å². The van der Waals surface area contributed by atoms with Crippen LogP contribution in [-0.2, 0) is 0 Å². The number of halogens is 1. The number of nitrogens with zero attached hydrogens (tertiary/aromatic N) is 2.